The molecule has 1 aromatic carbocycles. The summed E-state index contributed by atoms with van der Waals surface area (Å²) in [6.45, 7) is 21.9. The van der Waals surface area contributed by atoms with Crippen LogP contribution in [-0.4, -0.2) is 11.4 Å². The summed E-state index contributed by atoms with van der Waals surface area (Å²) >= 11 is 0. The Balaban J connectivity index is 3.56. The van der Waals surface area contributed by atoms with E-state index in [9.17, 15) is 9.90 Å². The maximum atomic E-state index is 11.6. The minimum Gasteiger partial charge on any atom is -0.507 e. The Morgan fingerprint density at radius 3 is 1.32 bits per heavy atom. The van der Waals surface area contributed by atoms with Gasteiger partial charge in [-0.05, 0) is 46.6 Å². The molecule has 0 bridgehead atoms. The number of phenolic OH excluding ortho intramolecular Hbond substituents is 1. The number of hydrogen-bond donors (Lipinski definition) is 1. The minimum atomic E-state index is -0.214. The quantitative estimate of drug-likeness (QED) is 0.607. The van der Waals surface area contributed by atoms with Crippen molar-refractivity contribution in [3.8, 4) is 5.75 Å². The van der Waals surface area contributed by atoms with Gasteiger partial charge in [0, 0.05) is 16.7 Å². The molecule has 2 heteroatoms. The first-order valence-electron chi connectivity index (χ1n) is 9.32. The van der Waals surface area contributed by atoms with Gasteiger partial charge in [0.25, 0.3) is 0 Å². The topological polar surface area (TPSA) is 37.3 Å². The van der Waals surface area contributed by atoms with Crippen molar-refractivity contribution in [3.05, 3.63) is 28.8 Å². The summed E-state index contributed by atoms with van der Waals surface area (Å²) in [5.74, 6) is 0.356. The van der Waals surface area contributed by atoms with E-state index in [1.165, 1.54) is 0 Å². The van der Waals surface area contributed by atoms with E-state index in [4.69, 9.17) is 0 Å². The summed E-state index contributed by atoms with van der Waals surface area (Å²) in [6.07, 6.45) is 2.75. The molecule has 142 valence electrons. The average Bonchev–Trinajstić information content (AvgIpc) is 2.32. The van der Waals surface area contributed by atoms with Gasteiger partial charge in [-0.25, -0.2) is 0 Å². The summed E-state index contributed by atoms with van der Waals surface area (Å²) < 4.78 is 0. The zero-order chi connectivity index (χ0) is 19.8. The van der Waals surface area contributed by atoms with Crippen molar-refractivity contribution < 1.29 is 9.90 Å². The van der Waals surface area contributed by atoms with Gasteiger partial charge in [0.2, 0.25) is 0 Å². The number of rotatable bonds is 5. The van der Waals surface area contributed by atoms with Gasteiger partial charge in [-0.1, -0.05) is 69.2 Å². The number of carbonyl (C=O) groups is 1. The molecule has 0 atom stereocenters. The Morgan fingerprint density at radius 1 is 0.760 bits per heavy atom. The molecule has 0 spiro atoms. The van der Waals surface area contributed by atoms with E-state index < -0.39 is 0 Å². The molecule has 25 heavy (non-hydrogen) atoms. The van der Waals surface area contributed by atoms with Crippen molar-refractivity contribution in [2.75, 3.05) is 0 Å². The van der Waals surface area contributed by atoms with E-state index in [-0.39, 0.29) is 21.7 Å². The monoisotopic (exact) mass is 346 g/mol. The predicted molar refractivity (Wildman–Crippen MR) is 108 cm³/mol. The standard InChI is InChI=1S/C23H38O2/c1-20(2,3)14-22(7,8)17-11-16(13-24)12-18(19(17)25)23(9,10)15-21(4,5)6/h11-13,25H,14-15H2,1-10H3. The highest BCUT2D eigenvalue weighted by Crippen LogP contribution is 2.46. The van der Waals surface area contributed by atoms with Gasteiger partial charge in [-0.3, -0.25) is 4.79 Å². The van der Waals surface area contributed by atoms with Crippen LogP contribution in [0.1, 0.15) is 104 Å². The second-order valence-electron chi connectivity index (χ2n) is 11.3. The molecule has 0 saturated carbocycles. The highest BCUT2D eigenvalue weighted by atomic mass is 16.3. The minimum absolute atomic E-state index is 0.133. The number of aldehydes is 1. The third-order valence-corrected chi connectivity index (χ3v) is 4.67. The first-order chi connectivity index (χ1) is 11.0. The van der Waals surface area contributed by atoms with Crippen molar-refractivity contribution >= 4 is 6.29 Å². The van der Waals surface area contributed by atoms with Crippen LogP contribution in [0.4, 0.5) is 0 Å². The Kier molecular flexibility index (Phi) is 5.89. The first kappa shape index (κ1) is 21.7. The lowest BCUT2D eigenvalue weighted by molar-refractivity contribution is 0.112. The van der Waals surface area contributed by atoms with Crippen LogP contribution in [0.2, 0.25) is 0 Å². The largest absolute Gasteiger partial charge is 0.507 e. The fourth-order valence-electron chi connectivity index (χ4n) is 4.60. The first-order valence-corrected chi connectivity index (χ1v) is 9.32. The fraction of sp³-hybridized carbons (Fsp3) is 0.696. The van der Waals surface area contributed by atoms with Crippen LogP contribution in [0.15, 0.2) is 12.1 Å². The fourth-order valence-corrected chi connectivity index (χ4v) is 4.60. The van der Waals surface area contributed by atoms with Gasteiger partial charge >= 0.3 is 0 Å². The van der Waals surface area contributed by atoms with Gasteiger partial charge in [-0.15, -0.1) is 0 Å². The average molecular weight is 347 g/mol. The van der Waals surface area contributed by atoms with E-state index in [2.05, 4.69) is 69.2 Å². The number of hydrogen-bond acceptors (Lipinski definition) is 2. The van der Waals surface area contributed by atoms with Crippen LogP contribution in [0.25, 0.3) is 0 Å². The molecule has 0 unspecified atom stereocenters. The predicted octanol–water partition coefficient (Wildman–Crippen LogP) is 6.63. The van der Waals surface area contributed by atoms with Gasteiger partial charge in [-0.2, -0.15) is 0 Å². The van der Waals surface area contributed by atoms with Gasteiger partial charge in [0.05, 0.1) is 0 Å². The van der Waals surface area contributed by atoms with Crippen LogP contribution in [-0.2, 0) is 10.8 Å². The van der Waals surface area contributed by atoms with Crippen LogP contribution in [0, 0.1) is 10.8 Å². The summed E-state index contributed by atoms with van der Waals surface area (Å²) in [4.78, 5) is 11.6. The van der Waals surface area contributed by atoms with Crippen LogP contribution in [0.3, 0.4) is 0 Å². The molecular formula is C23H38O2. The molecule has 0 amide bonds. The lowest BCUT2D eigenvalue weighted by Gasteiger charge is -2.37. The highest BCUT2D eigenvalue weighted by Gasteiger charge is 2.35. The van der Waals surface area contributed by atoms with E-state index in [1.54, 1.807) is 0 Å². The summed E-state index contributed by atoms with van der Waals surface area (Å²) in [6, 6.07) is 3.73. The molecule has 0 aromatic heterocycles. The molecule has 0 aliphatic carbocycles. The van der Waals surface area contributed by atoms with Crippen LogP contribution >= 0.6 is 0 Å². The summed E-state index contributed by atoms with van der Waals surface area (Å²) in [7, 11) is 0. The normalized spacial score (nSPS) is 13.8. The molecule has 1 rings (SSSR count). The Morgan fingerprint density at radius 2 is 1.08 bits per heavy atom. The molecule has 1 aromatic rings. The third-order valence-electron chi connectivity index (χ3n) is 4.67. The van der Waals surface area contributed by atoms with Crippen molar-refractivity contribution in [1.29, 1.82) is 0 Å². The van der Waals surface area contributed by atoms with Gasteiger partial charge < -0.3 is 5.11 Å². The molecule has 0 aliphatic heterocycles. The maximum Gasteiger partial charge on any atom is 0.150 e. The van der Waals surface area contributed by atoms with Crippen LogP contribution < -0.4 is 0 Å². The molecule has 0 radical (unpaired) electrons. The number of aromatic hydroxyl groups is 1. The summed E-state index contributed by atoms with van der Waals surface area (Å²) in [5.41, 5.74) is 2.24. The second-order valence-corrected chi connectivity index (χ2v) is 11.3. The SMILES string of the molecule is CC(C)(C)CC(C)(C)c1cc(C=O)cc(C(C)(C)CC(C)(C)C)c1O. The smallest absolute Gasteiger partial charge is 0.150 e. The van der Waals surface area contributed by atoms with E-state index >= 15 is 0 Å². The van der Waals surface area contributed by atoms with Gasteiger partial charge in [0.15, 0.2) is 0 Å². The van der Waals surface area contributed by atoms with E-state index in [0.29, 0.717) is 11.3 Å². The molecule has 1 N–H and O–H groups in total. The molecule has 0 saturated heterocycles. The maximum absolute atomic E-state index is 11.6. The second kappa shape index (κ2) is 6.78. The van der Waals surface area contributed by atoms with Crippen molar-refractivity contribution in [3.63, 3.8) is 0 Å². The lowest BCUT2D eigenvalue weighted by atomic mass is 9.68. The molecule has 0 aliphatic rings. The van der Waals surface area contributed by atoms with E-state index in [1.807, 2.05) is 12.1 Å². The van der Waals surface area contributed by atoms with Crippen LogP contribution in [0.5, 0.6) is 5.75 Å². The number of benzene rings is 1. The molecule has 2 nitrogen and oxygen atoms in total. The molecular weight excluding hydrogens is 308 g/mol. The highest BCUT2D eigenvalue weighted by molar-refractivity contribution is 5.77. The van der Waals surface area contributed by atoms with Crippen molar-refractivity contribution in [2.45, 2.75) is 92.9 Å². The Labute approximate surface area is 155 Å². The Hall–Kier alpha value is -1.31. The molecule has 0 heterocycles. The number of carbonyl (C=O) groups excluding carboxylic acids is 1. The van der Waals surface area contributed by atoms with Gasteiger partial charge in [0.1, 0.15) is 12.0 Å². The number of phenols is 1. The van der Waals surface area contributed by atoms with Crippen molar-refractivity contribution in [2.24, 2.45) is 10.8 Å². The zero-order valence-corrected chi connectivity index (χ0v) is 18.0. The zero-order valence-electron chi connectivity index (χ0n) is 18.0. The summed E-state index contributed by atoms with van der Waals surface area (Å²) in [5, 5.41) is 11.2. The van der Waals surface area contributed by atoms with E-state index in [0.717, 1.165) is 30.3 Å². The lowest BCUT2D eigenvalue weighted by Crippen LogP contribution is -2.28. The molecule has 0 fully saturated rings. The Bertz CT molecular complexity index is 573. The third kappa shape index (κ3) is 5.87. The van der Waals surface area contributed by atoms with Crippen molar-refractivity contribution in [1.82, 2.24) is 0 Å².